The van der Waals surface area contributed by atoms with Crippen LogP contribution >= 0.6 is 11.3 Å². The van der Waals surface area contributed by atoms with E-state index in [-0.39, 0.29) is 0 Å². The number of aryl methyl sites for hydroxylation is 1. The number of hydrogen-bond acceptors (Lipinski definition) is 5. The van der Waals surface area contributed by atoms with Crippen molar-refractivity contribution in [3.8, 4) is 11.5 Å². The highest BCUT2D eigenvalue weighted by Gasteiger charge is 2.24. The van der Waals surface area contributed by atoms with E-state index in [4.69, 9.17) is 4.98 Å². The number of nitrogens with one attached hydrogen (secondary N) is 1. The van der Waals surface area contributed by atoms with Gasteiger partial charge in [0.1, 0.15) is 16.9 Å². The molecule has 1 N–H and O–H groups in total. The summed E-state index contributed by atoms with van der Waals surface area (Å²) in [5.74, 6) is 1.48. The van der Waals surface area contributed by atoms with E-state index in [0.717, 1.165) is 28.5 Å². The second-order valence-corrected chi connectivity index (χ2v) is 7.20. The summed E-state index contributed by atoms with van der Waals surface area (Å²) in [6.45, 7) is 2.29. The Morgan fingerprint density at radius 3 is 3.22 bits per heavy atom. The molecule has 4 aromatic heterocycles. The van der Waals surface area contributed by atoms with Crippen LogP contribution in [0.4, 0.5) is 0 Å². The fourth-order valence-corrected chi connectivity index (χ4v) is 4.78. The Morgan fingerprint density at radius 1 is 1.43 bits per heavy atom. The van der Waals surface area contributed by atoms with Crippen LogP contribution in [-0.2, 0) is 12.8 Å². The lowest BCUT2D eigenvalue weighted by Crippen LogP contribution is -2.11. The van der Waals surface area contributed by atoms with Crippen molar-refractivity contribution in [2.45, 2.75) is 32.6 Å². The fraction of sp³-hybridized carbons (Fsp3) is 0.375. The second kappa shape index (κ2) is 4.86. The predicted octanol–water partition coefficient (Wildman–Crippen LogP) is 3.24. The zero-order valence-corrected chi connectivity index (χ0v) is 13.6. The first kappa shape index (κ1) is 13.2. The first-order chi connectivity index (χ1) is 11.3. The second-order valence-electron chi connectivity index (χ2n) is 6.12. The van der Waals surface area contributed by atoms with Gasteiger partial charge in [-0.3, -0.25) is 5.10 Å². The van der Waals surface area contributed by atoms with E-state index in [0.29, 0.717) is 5.82 Å². The minimum Gasteiger partial charge on any atom is -0.275 e. The Labute approximate surface area is 136 Å². The molecular formula is C16H16N6S. The van der Waals surface area contributed by atoms with Gasteiger partial charge in [0, 0.05) is 11.1 Å². The number of aromatic amines is 1. The molecule has 0 spiro atoms. The van der Waals surface area contributed by atoms with Gasteiger partial charge in [-0.05, 0) is 36.8 Å². The maximum atomic E-state index is 4.75. The zero-order valence-electron chi connectivity index (χ0n) is 12.8. The fourth-order valence-electron chi connectivity index (χ4n) is 3.49. The quantitative estimate of drug-likeness (QED) is 0.614. The molecule has 0 radical (unpaired) electrons. The number of fused-ring (bicyclic) bond motifs is 5. The highest BCUT2D eigenvalue weighted by atomic mass is 32.1. The van der Waals surface area contributed by atoms with Gasteiger partial charge in [0.2, 0.25) is 0 Å². The van der Waals surface area contributed by atoms with Crippen LogP contribution in [0.5, 0.6) is 0 Å². The molecule has 0 saturated heterocycles. The van der Waals surface area contributed by atoms with Crippen molar-refractivity contribution in [3.05, 3.63) is 29.0 Å². The van der Waals surface area contributed by atoms with Gasteiger partial charge in [-0.25, -0.2) is 14.5 Å². The van der Waals surface area contributed by atoms with Gasteiger partial charge in [0.15, 0.2) is 11.5 Å². The lowest BCUT2D eigenvalue weighted by molar-refractivity contribution is 0.451. The number of hydrogen-bond donors (Lipinski definition) is 1. The minimum atomic E-state index is 0.666. The van der Waals surface area contributed by atoms with Gasteiger partial charge in [-0.2, -0.15) is 5.10 Å². The highest BCUT2D eigenvalue weighted by Crippen LogP contribution is 2.39. The molecule has 0 fully saturated rings. The van der Waals surface area contributed by atoms with E-state index in [1.807, 2.05) is 17.4 Å². The number of aromatic nitrogens is 6. The number of nitrogens with zero attached hydrogens (tertiary/aromatic N) is 5. The van der Waals surface area contributed by atoms with Crippen LogP contribution < -0.4 is 0 Å². The van der Waals surface area contributed by atoms with E-state index in [9.17, 15) is 0 Å². The van der Waals surface area contributed by atoms with E-state index >= 15 is 0 Å². The van der Waals surface area contributed by atoms with E-state index < -0.39 is 0 Å². The summed E-state index contributed by atoms with van der Waals surface area (Å²) in [7, 11) is 0. The molecule has 0 amide bonds. The lowest BCUT2D eigenvalue weighted by Gasteiger charge is -2.20. The van der Waals surface area contributed by atoms with Crippen molar-refractivity contribution in [2.24, 2.45) is 5.92 Å². The third-order valence-corrected chi connectivity index (χ3v) is 5.97. The van der Waals surface area contributed by atoms with Crippen LogP contribution in [0.25, 0.3) is 27.4 Å². The summed E-state index contributed by atoms with van der Waals surface area (Å²) in [6.07, 6.45) is 8.31. The monoisotopic (exact) mass is 324 g/mol. The van der Waals surface area contributed by atoms with Crippen LogP contribution in [0.1, 0.15) is 30.2 Å². The van der Waals surface area contributed by atoms with E-state index in [1.165, 1.54) is 35.1 Å². The maximum absolute atomic E-state index is 4.75. The summed E-state index contributed by atoms with van der Waals surface area (Å²) < 4.78 is 1.79. The third kappa shape index (κ3) is 1.92. The zero-order chi connectivity index (χ0) is 15.4. The molecule has 7 heteroatoms. The van der Waals surface area contributed by atoms with Gasteiger partial charge in [-0.15, -0.1) is 16.4 Å². The molecule has 0 aromatic carbocycles. The van der Waals surface area contributed by atoms with Crippen LogP contribution in [0.3, 0.4) is 0 Å². The van der Waals surface area contributed by atoms with Gasteiger partial charge in [0.25, 0.3) is 0 Å². The topological polar surface area (TPSA) is 71.8 Å². The molecule has 6 nitrogen and oxygen atoms in total. The van der Waals surface area contributed by atoms with E-state index in [1.54, 1.807) is 17.0 Å². The average molecular weight is 324 g/mol. The molecule has 0 bridgehead atoms. The lowest BCUT2D eigenvalue weighted by atomic mass is 9.86. The first-order valence-corrected chi connectivity index (χ1v) is 8.80. The maximum Gasteiger partial charge on any atom is 0.200 e. The van der Waals surface area contributed by atoms with Crippen molar-refractivity contribution in [2.75, 3.05) is 0 Å². The van der Waals surface area contributed by atoms with Crippen LogP contribution in [0.2, 0.25) is 0 Å². The van der Waals surface area contributed by atoms with Crippen LogP contribution in [0, 0.1) is 5.92 Å². The molecule has 4 aromatic rings. The molecule has 0 saturated carbocycles. The van der Waals surface area contributed by atoms with Crippen molar-refractivity contribution in [3.63, 3.8) is 0 Å². The number of H-pyrrole nitrogens is 1. The number of rotatable bonds is 2. The van der Waals surface area contributed by atoms with Crippen LogP contribution in [0.15, 0.2) is 18.6 Å². The van der Waals surface area contributed by atoms with E-state index in [2.05, 4.69) is 27.2 Å². The molecule has 23 heavy (non-hydrogen) atoms. The van der Waals surface area contributed by atoms with Crippen molar-refractivity contribution < 1.29 is 0 Å². The van der Waals surface area contributed by atoms with Crippen LogP contribution in [-0.4, -0.2) is 29.8 Å². The summed E-state index contributed by atoms with van der Waals surface area (Å²) >= 11 is 1.83. The molecular weight excluding hydrogens is 308 g/mol. The number of thiophene rings is 1. The van der Waals surface area contributed by atoms with Gasteiger partial charge < -0.3 is 0 Å². The molecule has 1 aliphatic carbocycles. The molecule has 116 valence electrons. The van der Waals surface area contributed by atoms with Crippen molar-refractivity contribution in [1.82, 2.24) is 29.8 Å². The summed E-state index contributed by atoms with van der Waals surface area (Å²) in [6, 6.07) is 1.88. The Kier molecular flexibility index (Phi) is 2.78. The Bertz CT molecular complexity index is 997. The first-order valence-electron chi connectivity index (χ1n) is 7.99. The standard InChI is InChI=1S/C16H16N6S/c1-2-9-3-4-10-12(7-9)23-16-13(10)15-19-14(11-5-6-18-20-11)21-22(15)8-17-16/h5-6,8-9H,2-4,7H2,1H3,(H,18,20). The molecule has 1 aliphatic rings. The molecule has 0 aliphatic heterocycles. The predicted molar refractivity (Wildman–Crippen MR) is 89.6 cm³/mol. The smallest absolute Gasteiger partial charge is 0.200 e. The summed E-state index contributed by atoms with van der Waals surface area (Å²) in [5.41, 5.74) is 3.18. The largest absolute Gasteiger partial charge is 0.275 e. The SMILES string of the molecule is CCC1CCc2c(sc3ncn4nc(-c5ccn[nH]5)nc4c23)C1. The Morgan fingerprint density at radius 2 is 2.39 bits per heavy atom. The normalized spacial score (nSPS) is 17.9. The minimum absolute atomic E-state index is 0.666. The Hall–Kier alpha value is -2.28. The van der Waals surface area contributed by atoms with Gasteiger partial charge in [-0.1, -0.05) is 13.3 Å². The van der Waals surface area contributed by atoms with Crippen molar-refractivity contribution >= 4 is 27.2 Å². The molecule has 1 atom stereocenters. The molecule has 5 rings (SSSR count). The summed E-state index contributed by atoms with van der Waals surface area (Å²) in [5, 5.41) is 12.6. The molecule has 4 heterocycles. The third-order valence-electron chi connectivity index (χ3n) is 4.81. The van der Waals surface area contributed by atoms with Crippen molar-refractivity contribution in [1.29, 1.82) is 0 Å². The average Bonchev–Trinajstić information content (AvgIpc) is 3.29. The van der Waals surface area contributed by atoms with Gasteiger partial charge in [0.05, 0.1) is 5.39 Å². The molecule has 1 unspecified atom stereocenters. The Balaban J connectivity index is 1.74. The van der Waals surface area contributed by atoms with Gasteiger partial charge >= 0.3 is 0 Å². The summed E-state index contributed by atoms with van der Waals surface area (Å²) in [4.78, 5) is 11.9. The highest BCUT2D eigenvalue weighted by molar-refractivity contribution is 7.19.